The molecule has 2 N–H and O–H groups in total. The first-order chi connectivity index (χ1) is 8.60. The van der Waals surface area contributed by atoms with Crippen molar-refractivity contribution < 1.29 is 14.7 Å². The minimum absolute atomic E-state index is 0.0173. The van der Waals surface area contributed by atoms with Crippen LogP contribution in [0, 0.1) is 11.5 Å². The Labute approximate surface area is 107 Å². The Kier molecular flexibility index (Phi) is 4.90. The van der Waals surface area contributed by atoms with Gasteiger partial charge in [0.1, 0.15) is 0 Å². The molecule has 0 spiro atoms. The number of carbonyl (C=O) groups excluding carboxylic acids is 1. The van der Waals surface area contributed by atoms with Gasteiger partial charge in [0, 0.05) is 0 Å². The van der Waals surface area contributed by atoms with Crippen molar-refractivity contribution in [3.63, 3.8) is 0 Å². The highest BCUT2D eigenvalue weighted by atomic mass is 32.2. The number of ketones is 1. The average molecular weight is 263 g/mol. The van der Waals surface area contributed by atoms with Crippen molar-refractivity contribution in [2.45, 2.75) is 0 Å². The summed E-state index contributed by atoms with van der Waals surface area (Å²) in [6, 6.07) is 6.05. The number of amidine groups is 1. The van der Waals surface area contributed by atoms with Gasteiger partial charge < -0.3 is 5.11 Å². The maximum absolute atomic E-state index is 11.4. The van der Waals surface area contributed by atoms with Crippen LogP contribution < -0.4 is 5.32 Å². The van der Waals surface area contributed by atoms with Crippen molar-refractivity contribution in [3.05, 3.63) is 29.8 Å². The van der Waals surface area contributed by atoms with E-state index in [4.69, 9.17) is 10.4 Å². The number of nitrogens with zero attached hydrogens (tertiary/aromatic N) is 2. The Balaban J connectivity index is 3.21. The third-order valence-corrected chi connectivity index (χ3v) is 2.50. The molecule has 0 unspecified atom stereocenters. The van der Waals surface area contributed by atoms with Gasteiger partial charge in [-0.25, -0.2) is 9.79 Å². The quantitative estimate of drug-likeness (QED) is 0.213. The van der Waals surface area contributed by atoms with Gasteiger partial charge in [0.15, 0.2) is 11.4 Å². The Morgan fingerprint density at radius 1 is 1.44 bits per heavy atom. The van der Waals surface area contributed by atoms with Crippen molar-refractivity contribution in [3.8, 4) is 6.19 Å². The third kappa shape index (κ3) is 3.33. The van der Waals surface area contributed by atoms with Gasteiger partial charge >= 0.3 is 5.97 Å². The minimum atomic E-state index is -1.54. The predicted molar refractivity (Wildman–Crippen MR) is 67.8 cm³/mol. The molecule has 18 heavy (non-hydrogen) atoms. The van der Waals surface area contributed by atoms with Crippen molar-refractivity contribution in [2.24, 2.45) is 4.99 Å². The van der Waals surface area contributed by atoms with Crippen molar-refractivity contribution >= 4 is 34.4 Å². The number of para-hydroxylation sites is 1. The normalized spacial score (nSPS) is 10.6. The Morgan fingerprint density at radius 3 is 2.67 bits per heavy atom. The van der Waals surface area contributed by atoms with Crippen molar-refractivity contribution in [2.75, 3.05) is 6.26 Å². The largest absolute Gasteiger partial charge is 0.475 e. The molecule has 0 amide bonds. The number of nitriles is 1. The van der Waals surface area contributed by atoms with Crippen molar-refractivity contribution in [1.29, 1.82) is 5.26 Å². The molecule has 0 fully saturated rings. The molecule has 0 aliphatic carbocycles. The Morgan fingerprint density at radius 2 is 2.11 bits per heavy atom. The van der Waals surface area contributed by atoms with Crippen LogP contribution in [0.1, 0.15) is 10.4 Å². The van der Waals surface area contributed by atoms with E-state index in [-0.39, 0.29) is 16.4 Å². The number of carboxylic acid groups (broad SMARTS) is 1. The first kappa shape index (κ1) is 13.7. The SMILES string of the molecule is CSC(=Nc1ccccc1C(=O)C(=O)O)NC#N. The van der Waals surface area contributed by atoms with Crippen LogP contribution in [-0.2, 0) is 4.79 Å². The molecule has 0 atom stereocenters. The third-order valence-electron chi connectivity index (χ3n) is 1.92. The summed E-state index contributed by atoms with van der Waals surface area (Å²) in [5.41, 5.74) is 0.188. The first-order valence-electron chi connectivity index (χ1n) is 4.74. The van der Waals surface area contributed by atoms with Gasteiger partial charge in [0.2, 0.25) is 0 Å². The van der Waals surface area contributed by atoms with Crippen LogP contribution in [0.2, 0.25) is 0 Å². The molecule has 0 radical (unpaired) electrons. The van der Waals surface area contributed by atoms with Gasteiger partial charge in [-0.15, -0.1) is 0 Å². The lowest BCUT2D eigenvalue weighted by molar-refractivity contribution is -0.131. The summed E-state index contributed by atoms with van der Waals surface area (Å²) in [7, 11) is 0. The molecule has 0 aromatic heterocycles. The summed E-state index contributed by atoms with van der Waals surface area (Å²) >= 11 is 1.18. The second-order valence-corrected chi connectivity index (χ2v) is 3.80. The zero-order valence-corrected chi connectivity index (χ0v) is 10.2. The van der Waals surface area contributed by atoms with Crippen LogP contribution in [0.25, 0.3) is 0 Å². The lowest BCUT2D eigenvalue weighted by atomic mass is 10.1. The molecule has 6 nitrogen and oxygen atoms in total. The number of carboxylic acids is 1. The number of aliphatic imine (C=N–C) groups is 1. The van der Waals surface area contributed by atoms with Gasteiger partial charge in [0.25, 0.3) is 5.78 Å². The monoisotopic (exact) mass is 263 g/mol. The van der Waals surface area contributed by atoms with Crippen LogP contribution in [0.5, 0.6) is 0 Å². The van der Waals surface area contributed by atoms with Crippen LogP contribution in [0.4, 0.5) is 5.69 Å². The molecule has 0 bridgehead atoms. The van der Waals surface area contributed by atoms with Crippen LogP contribution in [-0.4, -0.2) is 28.3 Å². The van der Waals surface area contributed by atoms with E-state index >= 15 is 0 Å². The Hall–Kier alpha value is -2.33. The smallest absolute Gasteiger partial charge is 0.377 e. The number of aliphatic carboxylic acids is 1. The van der Waals surface area contributed by atoms with E-state index in [2.05, 4.69) is 10.3 Å². The molecule has 0 saturated heterocycles. The fourth-order valence-corrected chi connectivity index (χ4v) is 1.50. The molecule has 0 aliphatic rings. The number of hydrogen-bond donors (Lipinski definition) is 2. The molecule has 1 rings (SSSR count). The highest BCUT2D eigenvalue weighted by Crippen LogP contribution is 2.20. The Bertz CT molecular complexity index is 549. The predicted octanol–water partition coefficient (Wildman–Crippen LogP) is 1.38. The number of nitrogens with one attached hydrogen (secondary N) is 1. The first-order valence-corrected chi connectivity index (χ1v) is 5.97. The topological polar surface area (TPSA) is 103 Å². The zero-order chi connectivity index (χ0) is 13.5. The lowest BCUT2D eigenvalue weighted by Gasteiger charge is -2.03. The van der Waals surface area contributed by atoms with Crippen LogP contribution >= 0.6 is 11.8 Å². The fraction of sp³-hybridized carbons (Fsp3) is 0.0909. The molecule has 92 valence electrons. The second-order valence-electron chi connectivity index (χ2n) is 3.01. The zero-order valence-electron chi connectivity index (χ0n) is 9.38. The summed E-state index contributed by atoms with van der Waals surface area (Å²) in [5.74, 6) is -2.58. The van der Waals surface area contributed by atoms with Gasteiger partial charge in [-0.1, -0.05) is 23.9 Å². The van der Waals surface area contributed by atoms with Gasteiger partial charge in [0.05, 0.1) is 11.3 Å². The summed E-state index contributed by atoms with van der Waals surface area (Å²) in [6.45, 7) is 0. The number of thioether (sulfide) groups is 1. The second kappa shape index (κ2) is 6.42. The molecular formula is C11H9N3O3S. The summed E-state index contributed by atoms with van der Waals surface area (Å²) in [6.07, 6.45) is 3.41. The van der Waals surface area contributed by atoms with Gasteiger partial charge in [-0.05, 0) is 18.4 Å². The summed E-state index contributed by atoms with van der Waals surface area (Å²) in [5, 5.41) is 19.8. The minimum Gasteiger partial charge on any atom is -0.475 e. The summed E-state index contributed by atoms with van der Waals surface area (Å²) in [4.78, 5) is 26.1. The molecule has 1 aromatic carbocycles. The molecule has 0 heterocycles. The van der Waals surface area contributed by atoms with E-state index in [9.17, 15) is 9.59 Å². The van der Waals surface area contributed by atoms with E-state index in [0.29, 0.717) is 0 Å². The molecule has 0 aliphatic heterocycles. The maximum Gasteiger partial charge on any atom is 0.377 e. The highest BCUT2D eigenvalue weighted by Gasteiger charge is 2.18. The van der Waals surface area contributed by atoms with Crippen LogP contribution in [0.3, 0.4) is 0 Å². The van der Waals surface area contributed by atoms with E-state index in [1.54, 1.807) is 24.6 Å². The summed E-state index contributed by atoms with van der Waals surface area (Å²) < 4.78 is 0. The lowest BCUT2D eigenvalue weighted by Crippen LogP contribution is -2.15. The number of Topliss-reactive ketones (excluding diaryl/α,β-unsaturated/α-hetero) is 1. The fourth-order valence-electron chi connectivity index (χ4n) is 1.16. The maximum atomic E-state index is 11.4. The molecule has 1 aromatic rings. The number of rotatable bonds is 3. The van der Waals surface area contributed by atoms with Crippen molar-refractivity contribution in [1.82, 2.24) is 5.32 Å². The molecular weight excluding hydrogens is 254 g/mol. The van der Waals surface area contributed by atoms with Crippen LogP contribution in [0.15, 0.2) is 29.3 Å². The molecule has 7 heteroatoms. The van der Waals surface area contributed by atoms with E-state index < -0.39 is 11.8 Å². The average Bonchev–Trinajstić information content (AvgIpc) is 2.37. The number of hydrogen-bond acceptors (Lipinski definition) is 5. The standard InChI is InChI=1S/C11H9N3O3S/c1-18-11(13-6-12)14-8-5-3-2-4-7(8)9(15)10(16)17/h2-5H,1H3,(H,13,14)(H,16,17). The number of carbonyl (C=O) groups is 2. The van der Waals surface area contributed by atoms with E-state index in [1.807, 2.05) is 0 Å². The van der Waals surface area contributed by atoms with Gasteiger partial charge in [-0.3, -0.25) is 10.1 Å². The highest BCUT2D eigenvalue weighted by molar-refractivity contribution is 8.13. The van der Waals surface area contributed by atoms with E-state index in [0.717, 1.165) is 0 Å². The number of benzene rings is 1. The van der Waals surface area contributed by atoms with E-state index in [1.165, 1.54) is 23.9 Å². The molecule has 0 saturated carbocycles. The van der Waals surface area contributed by atoms with Gasteiger partial charge in [-0.2, -0.15) is 5.26 Å².